The van der Waals surface area contributed by atoms with Crippen LogP contribution in [0.15, 0.2) is 18.2 Å². The Hall–Kier alpha value is -2.32. The fourth-order valence-electron chi connectivity index (χ4n) is 2.67. The van der Waals surface area contributed by atoms with Crippen LogP contribution < -0.4 is 14.8 Å². The first kappa shape index (κ1) is 16.5. The van der Waals surface area contributed by atoms with Gasteiger partial charge in [-0.25, -0.2) is 0 Å². The van der Waals surface area contributed by atoms with Crippen LogP contribution in [0.4, 0.5) is 0 Å². The molecule has 1 saturated heterocycles. The fraction of sp³-hybridized carbons (Fsp3) is 0.500. The number of nitrogens with one attached hydrogen (secondary N) is 1. The average molecular weight is 336 g/mol. The SMILES string of the molecule is O=C(Cc1ccc2c(c1)OCO2)NC(CO)C(=O)N1CCOCC1. The zero-order valence-electron chi connectivity index (χ0n) is 13.2. The molecule has 2 amide bonds. The minimum Gasteiger partial charge on any atom is -0.454 e. The van der Waals surface area contributed by atoms with Crippen molar-refractivity contribution in [2.45, 2.75) is 12.5 Å². The van der Waals surface area contributed by atoms with E-state index in [9.17, 15) is 14.7 Å². The number of aliphatic hydroxyl groups is 1. The Labute approximate surface area is 139 Å². The lowest BCUT2D eigenvalue weighted by Gasteiger charge is -2.30. The maximum atomic E-state index is 12.3. The van der Waals surface area contributed by atoms with E-state index in [1.54, 1.807) is 23.1 Å². The van der Waals surface area contributed by atoms with E-state index in [0.29, 0.717) is 37.8 Å². The molecule has 8 heteroatoms. The molecule has 24 heavy (non-hydrogen) atoms. The van der Waals surface area contributed by atoms with Gasteiger partial charge in [0.1, 0.15) is 6.04 Å². The molecule has 0 saturated carbocycles. The van der Waals surface area contributed by atoms with Gasteiger partial charge in [-0.2, -0.15) is 0 Å². The van der Waals surface area contributed by atoms with E-state index in [-0.39, 0.29) is 25.0 Å². The third kappa shape index (κ3) is 3.77. The second kappa shape index (κ2) is 7.50. The highest BCUT2D eigenvalue weighted by molar-refractivity contribution is 5.88. The predicted octanol–water partition coefficient (Wildman–Crippen LogP) is -0.706. The number of hydrogen-bond donors (Lipinski definition) is 2. The van der Waals surface area contributed by atoms with Crippen molar-refractivity contribution in [1.82, 2.24) is 10.2 Å². The first-order valence-electron chi connectivity index (χ1n) is 7.82. The molecule has 1 unspecified atom stereocenters. The van der Waals surface area contributed by atoms with Crippen molar-refractivity contribution in [2.24, 2.45) is 0 Å². The number of fused-ring (bicyclic) bond motifs is 1. The molecular weight excluding hydrogens is 316 g/mol. The first-order valence-corrected chi connectivity index (χ1v) is 7.82. The Morgan fingerprint density at radius 3 is 2.71 bits per heavy atom. The summed E-state index contributed by atoms with van der Waals surface area (Å²) in [5.41, 5.74) is 0.743. The number of ether oxygens (including phenoxy) is 3. The van der Waals surface area contributed by atoms with Gasteiger partial charge in [0.2, 0.25) is 18.6 Å². The summed E-state index contributed by atoms with van der Waals surface area (Å²) in [7, 11) is 0. The van der Waals surface area contributed by atoms with Crippen molar-refractivity contribution in [3.8, 4) is 11.5 Å². The smallest absolute Gasteiger partial charge is 0.247 e. The number of rotatable bonds is 5. The lowest BCUT2D eigenvalue weighted by atomic mass is 10.1. The van der Waals surface area contributed by atoms with Gasteiger partial charge >= 0.3 is 0 Å². The topological polar surface area (TPSA) is 97.3 Å². The predicted molar refractivity (Wildman–Crippen MR) is 82.7 cm³/mol. The van der Waals surface area contributed by atoms with Crippen molar-refractivity contribution in [3.05, 3.63) is 23.8 Å². The van der Waals surface area contributed by atoms with Gasteiger partial charge < -0.3 is 29.5 Å². The minimum atomic E-state index is -0.940. The van der Waals surface area contributed by atoms with E-state index >= 15 is 0 Å². The Balaban J connectivity index is 1.57. The van der Waals surface area contributed by atoms with Gasteiger partial charge in [0.25, 0.3) is 0 Å². The molecule has 2 aliphatic heterocycles. The van der Waals surface area contributed by atoms with Gasteiger partial charge in [0.05, 0.1) is 26.2 Å². The van der Waals surface area contributed by atoms with Crippen molar-refractivity contribution < 1.29 is 28.9 Å². The van der Waals surface area contributed by atoms with E-state index in [2.05, 4.69) is 5.32 Å². The third-order valence-electron chi connectivity index (χ3n) is 3.94. The third-order valence-corrected chi connectivity index (χ3v) is 3.94. The molecule has 2 heterocycles. The second-order valence-corrected chi connectivity index (χ2v) is 5.60. The first-order chi connectivity index (χ1) is 11.7. The largest absolute Gasteiger partial charge is 0.454 e. The summed E-state index contributed by atoms with van der Waals surface area (Å²) in [6.07, 6.45) is 0.0868. The molecule has 3 rings (SSSR count). The standard InChI is InChI=1S/C16H20N2O6/c19-9-12(16(21)18-3-5-22-6-4-18)17-15(20)8-11-1-2-13-14(7-11)24-10-23-13/h1-2,7,12,19H,3-6,8-10H2,(H,17,20). The van der Waals surface area contributed by atoms with Crippen LogP contribution in [-0.4, -0.2) is 67.6 Å². The monoisotopic (exact) mass is 336 g/mol. The van der Waals surface area contributed by atoms with Crippen LogP contribution in [0.2, 0.25) is 0 Å². The normalized spacial score (nSPS) is 17.5. The Bertz CT molecular complexity index is 615. The van der Waals surface area contributed by atoms with Gasteiger partial charge in [-0.1, -0.05) is 6.07 Å². The highest BCUT2D eigenvalue weighted by Crippen LogP contribution is 2.32. The molecule has 0 aliphatic carbocycles. The molecule has 8 nitrogen and oxygen atoms in total. The lowest BCUT2D eigenvalue weighted by Crippen LogP contribution is -2.53. The van der Waals surface area contributed by atoms with Gasteiger partial charge in [-0.15, -0.1) is 0 Å². The van der Waals surface area contributed by atoms with Crippen LogP contribution in [0.3, 0.4) is 0 Å². The second-order valence-electron chi connectivity index (χ2n) is 5.60. The van der Waals surface area contributed by atoms with Crippen LogP contribution >= 0.6 is 0 Å². The molecule has 0 aromatic heterocycles. The number of hydrogen-bond acceptors (Lipinski definition) is 6. The molecule has 0 radical (unpaired) electrons. The van der Waals surface area contributed by atoms with Crippen LogP contribution in [0.5, 0.6) is 11.5 Å². The summed E-state index contributed by atoms with van der Waals surface area (Å²) in [6, 6.07) is 4.31. The maximum Gasteiger partial charge on any atom is 0.247 e. The van der Waals surface area contributed by atoms with Gasteiger partial charge in [-0.05, 0) is 17.7 Å². The number of carbonyl (C=O) groups is 2. The van der Waals surface area contributed by atoms with E-state index in [1.807, 2.05) is 0 Å². The molecule has 1 atom stereocenters. The zero-order chi connectivity index (χ0) is 16.9. The Morgan fingerprint density at radius 1 is 1.21 bits per heavy atom. The number of carbonyl (C=O) groups excluding carboxylic acids is 2. The van der Waals surface area contributed by atoms with Crippen LogP contribution in [0, 0.1) is 0 Å². The van der Waals surface area contributed by atoms with Gasteiger partial charge in [0, 0.05) is 13.1 Å². The van der Waals surface area contributed by atoms with Crippen molar-refractivity contribution in [2.75, 3.05) is 39.7 Å². The Morgan fingerprint density at radius 2 is 1.96 bits per heavy atom. The van der Waals surface area contributed by atoms with E-state index in [1.165, 1.54) is 0 Å². The minimum absolute atomic E-state index is 0.0868. The van der Waals surface area contributed by atoms with Crippen molar-refractivity contribution >= 4 is 11.8 Å². The molecule has 1 aromatic rings. The van der Waals surface area contributed by atoms with Gasteiger partial charge in [-0.3, -0.25) is 9.59 Å². The highest BCUT2D eigenvalue weighted by atomic mass is 16.7. The molecule has 2 aliphatic rings. The molecule has 0 spiro atoms. The number of aliphatic hydroxyl groups excluding tert-OH is 1. The van der Waals surface area contributed by atoms with E-state index in [4.69, 9.17) is 14.2 Å². The van der Waals surface area contributed by atoms with Crippen LogP contribution in [0.1, 0.15) is 5.56 Å². The van der Waals surface area contributed by atoms with Crippen LogP contribution in [0.25, 0.3) is 0 Å². The summed E-state index contributed by atoms with van der Waals surface area (Å²) in [5, 5.41) is 12.0. The summed E-state index contributed by atoms with van der Waals surface area (Å²) < 4.78 is 15.7. The molecule has 130 valence electrons. The number of nitrogens with zero attached hydrogens (tertiary/aromatic N) is 1. The fourth-order valence-corrected chi connectivity index (χ4v) is 2.67. The molecule has 1 aromatic carbocycles. The summed E-state index contributed by atoms with van der Waals surface area (Å²) in [4.78, 5) is 26.1. The van der Waals surface area contributed by atoms with E-state index in [0.717, 1.165) is 5.56 Å². The van der Waals surface area contributed by atoms with Crippen LogP contribution in [-0.2, 0) is 20.7 Å². The quantitative estimate of drug-likeness (QED) is 0.738. The number of amides is 2. The van der Waals surface area contributed by atoms with Crippen molar-refractivity contribution in [1.29, 1.82) is 0 Å². The maximum absolute atomic E-state index is 12.3. The number of morpholine rings is 1. The highest BCUT2D eigenvalue weighted by Gasteiger charge is 2.26. The van der Waals surface area contributed by atoms with Gasteiger partial charge in [0.15, 0.2) is 11.5 Å². The zero-order valence-corrected chi connectivity index (χ0v) is 13.2. The molecule has 2 N–H and O–H groups in total. The lowest BCUT2D eigenvalue weighted by molar-refractivity contribution is -0.140. The Kier molecular flexibility index (Phi) is 5.17. The molecule has 1 fully saturated rings. The summed E-state index contributed by atoms with van der Waals surface area (Å²) in [6.45, 7) is 1.60. The van der Waals surface area contributed by atoms with E-state index < -0.39 is 12.6 Å². The summed E-state index contributed by atoms with van der Waals surface area (Å²) in [5.74, 6) is 0.618. The average Bonchev–Trinajstić information content (AvgIpc) is 3.07. The molecule has 0 bridgehead atoms. The molecular formula is C16H20N2O6. The summed E-state index contributed by atoms with van der Waals surface area (Å²) >= 11 is 0. The number of benzene rings is 1. The van der Waals surface area contributed by atoms with Crippen molar-refractivity contribution in [3.63, 3.8) is 0 Å².